The summed E-state index contributed by atoms with van der Waals surface area (Å²) in [4.78, 5) is 28.0. The van der Waals surface area contributed by atoms with E-state index in [0.717, 1.165) is 5.56 Å². The number of aliphatic hydroxyl groups is 1. The van der Waals surface area contributed by atoms with Crippen molar-refractivity contribution < 1.29 is 14.7 Å². The molecule has 1 heterocycles. The standard InChI is InChI=1S/C14H16ClN5O3/c15-10-3-1-9(2-4-10)6-17-14(23)12-5-11(21)8-20(12)13(22)7-18-19-16/h1-4,11-12,21H,5-8H2,(H,17,23)/t11-,12+/m1/s1. The Balaban J connectivity index is 1.97. The van der Waals surface area contributed by atoms with Crippen LogP contribution < -0.4 is 5.32 Å². The zero-order valence-corrected chi connectivity index (χ0v) is 13.0. The molecule has 2 N–H and O–H groups in total. The predicted molar refractivity (Wildman–Crippen MR) is 83.4 cm³/mol. The van der Waals surface area contributed by atoms with E-state index in [0.29, 0.717) is 11.6 Å². The number of rotatable bonds is 5. The molecule has 1 saturated heterocycles. The first-order valence-electron chi connectivity index (χ1n) is 7.02. The molecule has 0 radical (unpaired) electrons. The molecule has 2 amide bonds. The van der Waals surface area contributed by atoms with Gasteiger partial charge in [0.05, 0.1) is 6.10 Å². The number of carbonyl (C=O) groups excluding carboxylic acids is 2. The fourth-order valence-electron chi connectivity index (χ4n) is 2.43. The zero-order chi connectivity index (χ0) is 16.8. The van der Waals surface area contributed by atoms with Gasteiger partial charge in [-0.3, -0.25) is 9.59 Å². The van der Waals surface area contributed by atoms with Gasteiger partial charge in [0.2, 0.25) is 11.8 Å². The average molecular weight is 338 g/mol. The summed E-state index contributed by atoms with van der Waals surface area (Å²) in [6, 6.07) is 6.25. The van der Waals surface area contributed by atoms with E-state index in [1.807, 2.05) is 0 Å². The molecule has 0 spiro atoms. The van der Waals surface area contributed by atoms with Crippen LogP contribution in [0.3, 0.4) is 0 Å². The maximum atomic E-state index is 12.3. The highest BCUT2D eigenvalue weighted by atomic mass is 35.5. The molecule has 122 valence electrons. The second-order valence-corrected chi connectivity index (χ2v) is 5.62. The number of likely N-dealkylation sites (tertiary alicyclic amines) is 1. The van der Waals surface area contributed by atoms with Gasteiger partial charge in [-0.1, -0.05) is 28.8 Å². The zero-order valence-electron chi connectivity index (χ0n) is 12.2. The van der Waals surface area contributed by atoms with E-state index in [1.54, 1.807) is 24.3 Å². The van der Waals surface area contributed by atoms with Crippen molar-refractivity contribution in [1.29, 1.82) is 0 Å². The number of aliphatic hydroxyl groups excluding tert-OH is 1. The molecule has 0 aliphatic carbocycles. The van der Waals surface area contributed by atoms with Crippen molar-refractivity contribution in [2.24, 2.45) is 5.11 Å². The van der Waals surface area contributed by atoms with Gasteiger partial charge in [-0.15, -0.1) is 0 Å². The summed E-state index contributed by atoms with van der Waals surface area (Å²) in [5, 5.41) is 16.3. The molecular weight excluding hydrogens is 322 g/mol. The molecule has 1 aromatic carbocycles. The van der Waals surface area contributed by atoms with Crippen LogP contribution in [0.15, 0.2) is 29.4 Å². The van der Waals surface area contributed by atoms with Crippen molar-refractivity contribution in [3.05, 3.63) is 45.3 Å². The minimum absolute atomic E-state index is 0.0544. The Hall–Kier alpha value is -2.28. The second kappa shape index (κ2) is 7.82. The first-order valence-corrected chi connectivity index (χ1v) is 7.39. The maximum Gasteiger partial charge on any atom is 0.243 e. The van der Waals surface area contributed by atoms with Crippen molar-refractivity contribution in [2.75, 3.05) is 13.1 Å². The SMILES string of the molecule is [N-]=[N+]=NCC(=O)N1C[C@H](O)C[C@H]1C(=O)NCc1ccc(Cl)cc1. The highest BCUT2D eigenvalue weighted by Gasteiger charge is 2.38. The third kappa shape index (κ3) is 4.59. The fraction of sp³-hybridized carbons (Fsp3) is 0.429. The summed E-state index contributed by atoms with van der Waals surface area (Å²) in [5.74, 6) is -0.836. The maximum absolute atomic E-state index is 12.3. The Bertz CT molecular complexity index is 630. The molecule has 8 nitrogen and oxygen atoms in total. The van der Waals surface area contributed by atoms with E-state index < -0.39 is 18.1 Å². The van der Waals surface area contributed by atoms with Crippen LogP contribution >= 0.6 is 11.6 Å². The van der Waals surface area contributed by atoms with Crippen LogP contribution in [-0.2, 0) is 16.1 Å². The number of β-amino-alcohol motifs (C(OH)–C–C–N with tert-alkyl or cyclic N) is 1. The number of azide groups is 1. The third-order valence-corrected chi connectivity index (χ3v) is 3.80. The van der Waals surface area contributed by atoms with Gasteiger partial charge >= 0.3 is 0 Å². The highest BCUT2D eigenvalue weighted by Crippen LogP contribution is 2.19. The van der Waals surface area contributed by atoms with Crippen LogP contribution in [0.4, 0.5) is 0 Å². The van der Waals surface area contributed by atoms with Crippen LogP contribution in [0.1, 0.15) is 12.0 Å². The summed E-state index contributed by atoms with van der Waals surface area (Å²) in [7, 11) is 0. The van der Waals surface area contributed by atoms with Crippen LogP contribution in [0.25, 0.3) is 10.4 Å². The van der Waals surface area contributed by atoms with Crippen LogP contribution in [0.5, 0.6) is 0 Å². The lowest BCUT2D eigenvalue weighted by Crippen LogP contribution is -2.46. The Morgan fingerprint density at radius 1 is 1.43 bits per heavy atom. The summed E-state index contributed by atoms with van der Waals surface area (Å²) in [6.45, 7) is -0.0238. The topological polar surface area (TPSA) is 118 Å². The van der Waals surface area contributed by atoms with Gasteiger partial charge < -0.3 is 15.3 Å². The first kappa shape index (κ1) is 17.1. The largest absolute Gasteiger partial charge is 0.391 e. The van der Waals surface area contributed by atoms with E-state index in [1.165, 1.54) is 4.90 Å². The summed E-state index contributed by atoms with van der Waals surface area (Å²) < 4.78 is 0. The molecule has 2 atom stereocenters. The van der Waals surface area contributed by atoms with Crippen molar-refractivity contribution >= 4 is 23.4 Å². The lowest BCUT2D eigenvalue weighted by Gasteiger charge is -2.23. The van der Waals surface area contributed by atoms with E-state index in [9.17, 15) is 14.7 Å². The normalized spacial score (nSPS) is 20.0. The summed E-state index contributed by atoms with van der Waals surface area (Å²) in [5.41, 5.74) is 9.13. The minimum atomic E-state index is -0.767. The Morgan fingerprint density at radius 3 is 2.78 bits per heavy atom. The molecule has 23 heavy (non-hydrogen) atoms. The van der Waals surface area contributed by atoms with Crippen molar-refractivity contribution in [1.82, 2.24) is 10.2 Å². The quantitative estimate of drug-likeness (QED) is 0.477. The van der Waals surface area contributed by atoms with Gasteiger partial charge in [0.15, 0.2) is 0 Å². The molecule has 0 bridgehead atoms. The lowest BCUT2D eigenvalue weighted by atomic mass is 10.1. The number of hydrogen-bond acceptors (Lipinski definition) is 4. The van der Waals surface area contributed by atoms with Crippen molar-refractivity contribution in [3.63, 3.8) is 0 Å². The number of benzene rings is 1. The molecule has 2 rings (SSSR count). The van der Waals surface area contributed by atoms with Gasteiger partial charge in [0, 0.05) is 29.4 Å². The highest BCUT2D eigenvalue weighted by molar-refractivity contribution is 6.30. The van der Waals surface area contributed by atoms with Crippen LogP contribution in [0.2, 0.25) is 5.02 Å². The van der Waals surface area contributed by atoms with E-state index >= 15 is 0 Å². The Labute approximate surface area is 137 Å². The monoisotopic (exact) mass is 337 g/mol. The minimum Gasteiger partial charge on any atom is -0.391 e. The molecule has 0 aromatic heterocycles. The van der Waals surface area contributed by atoms with Gasteiger partial charge in [0.1, 0.15) is 12.6 Å². The summed E-state index contributed by atoms with van der Waals surface area (Å²) >= 11 is 5.80. The molecule has 1 aliphatic rings. The molecular formula is C14H16ClN5O3. The molecule has 0 saturated carbocycles. The molecule has 1 aromatic rings. The van der Waals surface area contributed by atoms with Crippen molar-refractivity contribution in [2.45, 2.75) is 25.1 Å². The first-order chi connectivity index (χ1) is 11.0. The molecule has 9 heteroatoms. The lowest BCUT2D eigenvalue weighted by molar-refractivity contribution is -0.137. The summed E-state index contributed by atoms with van der Waals surface area (Å²) in [6.07, 6.45) is -0.606. The van der Waals surface area contributed by atoms with Crippen molar-refractivity contribution in [3.8, 4) is 0 Å². The van der Waals surface area contributed by atoms with Crippen LogP contribution in [0, 0.1) is 0 Å². The molecule has 0 unspecified atom stereocenters. The predicted octanol–water partition coefficient (Wildman–Crippen LogP) is 1.23. The number of hydrogen-bond donors (Lipinski definition) is 2. The van der Waals surface area contributed by atoms with E-state index in [2.05, 4.69) is 15.3 Å². The number of nitrogens with zero attached hydrogens (tertiary/aromatic N) is 4. The van der Waals surface area contributed by atoms with Gasteiger partial charge in [0.25, 0.3) is 0 Å². The Kier molecular flexibility index (Phi) is 5.81. The fourth-order valence-corrected chi connectivity index (χ4v) is 2.56. The molecule has 1 aliphatic heterocycles. The van der Waals surface area contributed by atoms with Gasteiger partial charge in [-0.2, -0.15) is 0 Å². The van der Waals surface area contributed by atoms with E-state index in [4.69, 9.17) is 17.1 Å². The van der Waals surface area contributed by atoms with Crippen LogP contribution in [-0.4, -0.2) is 47.1 Å². The number of carbonyl (C=O) groups is 2. The number of amides is 2. The number of halogens is 1. The second-order valence-electron chi connectivity index (χ2n) is 5.18. The Morgan fingerprint density at radius 2 is 2.13 bits per heavy atom. The third-order valence-electron chi connectivity index (χ3n) is 3.55. The molecule has 1 fully saturated rings. The average Bonchev–Trinajstić information content (AvgIpc) is 2.94. The smallest absolute Gasteiger partial charge is 0.243 e. The van der Waals surface area contributed by atoms with E-state index in [-0.39, 0.29) is 25.4 Å². The van der Waals surface area contributed by atoms with Gasteiger partial charge in [-0.05, 0) is 23.2 Å². The van der Waals surface area contributed by atoms with Gasteiger partial charge in [-0.25, -0.2) is 0 Å². The number of nitrogens with one attached hydrogen (secondary N) is 1.